The second-order valence-electron chi connectivity index (χ2n) is 6.34. The van der Waals surface area contributed by atoms with Crippen LogP contribution < -0.4 is 5.32 Å². The number of nitrogens with one attached hydrogen (secondary N) is 1. The van der Waals surface area contributed by atoms with Crippen LogP contribution in [0.2, 0.25) is 0 Å². The summed E-state index contributed by atoms with van der Waals surface area (Å²) in [6.07, 6.45) is 6.27. The van der Waals surface area contributed by atoms with Gasteiger partial charge in [-0.1, -0.05) is 12.1 Å². The Morgan fingerprint density at radius 1 is 1.33 bits per heavy atom. The number of imidazole rings is 1. The lowest BCUT2D eigenvalue weighted by Crippen LogP contribution is -2.51. The molecule has 2 fully saturated rings. The Hall–Kier alpha value is -1.88. The quantitative estimate of drug-likeness (QED) is 0.905. The summed E-state index contributed by atoms with van der Waals surface area (Å²) in [6, 6.07) is 8.64. The van der Waals surface area contributed by atoms with Crippen LogP contribution in [0, 0.1) is 0 Å². The van der Waals surface area contributed by atoms with E-state index >= 15 is 0 Å². The van der Waals surface area contributed by atoms with Crippen LogP contribution in [-0.4, -0.2) is 32.2 Å². The van der Waals surface area contributed by atoms with E-state index in [2.05, 4.69) is 20.9 Å². The first-order valence-corrected chi connectivity index (χ1v) is 7.61. The molecule has 4 rings (SSSR count). The van der Waals surface area contributed by atoms with Crippen molar-refractivity contribution in [3.05, 3.63) is 30.6 Å². The molecule has 2 aliphatic carbocycles. The lowest BCUT2D eigenvalue weighted by atomic mass is 9.97. The number of aliphatic carboxylic acids is 1. The number of carboxylic acid groups (broad SMARTS) is 1. The Kier molecular flexibility index (Phi) is 2.79. The lowest BCUT2D eigenvalue weighted by molar-refractivity contribution is -0.144. The monoisotopic (exact) mass is 285 g/mol. The van der Waals surface area contributed by atoms with Gasteiger partial charge < -0.3 is 9.67 Å². The largest absolute Gasteiger partial charge is 0.480 e. The molecule has 1 aromatic heterocycles. The Bertz CT molecular complexity index is 692. The molecule has 110 valence electrons. The number of hydrogen-bond acceptors (Lipinski definition) is 3. The van der Waals surface area contributed by atoms with Gasteiger partial charge in [-0.2, -0.15) is 0 Å². The topological polar surface area (TPSA) is 67.2 Å². The van der Waals surface area contributed by atoms with Crippen LogP contribution in [0.1, 0.15) is 38.1 Å². The van der Waals surface area contributed by atoms with E-state index < -0.39 is 11.5 Å². The molecule has 5 heteroatoms. The number of fused-ring (bicyclic) bond motifs is 1. The first-order valence-electron chi connectivity index (χ1n) is 7.61. The van der Waals surface area contributed by atoms with Crippen LogP contribution in [-0.2, 0) is 4.79 Å². The predicted octanol–water partition coefficient (Wildman–Crippen LogP) is 2.34. The van der Waals surface area contributed by atoms with Gasteiger partial charge in [-0.25, -0.2) is 4.98 Å². The third kappa shape index (κ3) is 2.12. The summed E-state index contributed by atoms with van der Waals surface area (Å²) in [4.78, 5) is 16.2. The van der Waals surface area contributed by atoms with Crippen LogP contribution >= 0.6 is 0 Å². The molecule has 1 heterocycles. The zero-order valence-corrected chi connectivity index (χ0v) is 11.8. The van der Waals surface area contributed by atoms with Crippen LogP contribution in [0.15, 0.2) is 30.6 Å². The van der Waals surface area contributed by atoms with Gasteiger partial charge in [0, 0.05) is 12.1 Å². The van der Waals surface area contributed by atoms with Crippen LogP contribution in [0.5, 0.6) is 0 Å². The van der Waals surface area contributed by atoms with E-state index in [1.54, 1.807) is 0 Å². The lowest BCUT2D eigenvalue weighted by Gasteiger charge is -2.26. The SMILES string of the molecule is O=C(O)C1(NC2CC2)CCC(n2cnc3ccccc32)C1. The standard InChI is InChI=1S/C16H19N3O2/c20-15(21)16(18-11-5-6-11)8-7-12(9-16)19-10-17-13-3-1-2-4-14(13)19/h1-4,10-12,18H,5-9H2,(H,20,21). The van der Waals surface area contributed by atoms with Crippen molar-refractivity contribution in [1.29, 1.82) is 0 Å². The molecule has 2 atom stereocenters. The first-order chi connectivity index (χ1) is 10.2. The average molecular weight is 285 g/mol. The van der Waals surface area contributed by atoms with Crippen LogP contribution in [0.3, 0.4) is 0 Å². The molecule has 0 spiro atoms. The maximum Gasteiger partial charge on any atom is 0.323 e. The smallest absolute Gasteiger partial charge is 0.323 e. The minimum absolute atomic E-state index is 0.208. The summed E-state index contributed by atoms with van der Waals surface area (Å²) in [5.41, 5.74) is 1.31. The molecule has 0 saturated heterocycles. The summed E-state index contributed by atoms with van der Waals surface area (Å²) in [6.45, 7) is 0. The molecule has 2 N–H and O–H groups in total. The number of benzene rings is 1. The molecule has 5 nitrogen and oxygen atoms in total. The third-order valence-electron chi connectivity index (χ3n) is 4.83. The highest BCUT2D eigenvalue weighted by Gasteiger charge is 2.48. The van der Waals surface area contributed by atoms with E-state index in [0.29, 0.717) is 18.9 Å². The van der Waals surface area contributed by atoms with Gasteiger partial charge in [0.1, 0.15) is 5.54 Å². The van der Waals surface area contributed by atoms with Gasteiger partial charge in [-0.3, -0.25) is 10.1 Å². The summed E-state index contributed by atoms with van der Waals surface area (Å²) in [5.74, 6) is -0.707. The molecular formula is C16H19N3O2. The Morgan fingerprint density at radius 3 is 2.90 bits per heavy atom. The summed E-state index contributed by atoms with van der Waals surface area (Å²) >= 11 is 0. The summed E-state index contributed by atoms with van der Waals surface area (Å²) in [5, 5.41) is 13.1. The minimum atomic E-state index is -0.753. The van der Waals surface area contributed by atoms with E-state index in [9.17, 15) is 9.90 Å². The van der Waals surface area contributed by atoms with Crippen molar-refractivity contribution in [2.45, 2.75) is 49.7 Å². The van der Waals surface area contributed by atoms with Crippen molar-refractivity contribution in [2.75, 3.05) is 0 Å². The van der Waals surface area contributed by atoms with Crippen molar-refractivity contribution >= 4 is 17.0 Å². The van der Waals surface area contributed by atoms with Gasteiger partial charge in [0.25, 0.3) is 0 Å². The van der Waals surface area contributed by atoms with Crippen molar-refractivity contribution < 1.29 is 9.90 Å². The molecule has 21 heavy (non-hydrogen) atoms. The Labute approximate surface area is 123 Å². The number of hydrogen-bond donors (Lipinski definition) is 2. The van der Waals surface area contributed by atoms with Crippen LogP contribution in [0.4, 0.5) is 0 Å². The zero-order chi connectivity index (χ0) is 14.4. The van der Waals surface area contributed by atoms with Crippen molar-refractivity contribution in [1.82, 2.24) is 14.9 Å². The fourth-order valence-electron chi connectivity index (χ4n) is 3.53. The highest BCUT2D eigenvalue weighted by atomic mass is 16.4. The highest BCUT2D eigenvalue weighted by Crippen LogP contribution is 2.41. The fourth-order valence-corrected chi connectivity index (χ4v) is 3.53. The minimum Gasteiger partial charge on any atom is -0.480 e. The first kappa shape index (κ1) is 12.8. The molecule has 2 unspecified atom stereocenters. The van der Waals surface area contributed by atoms with E-state index in [1.165, 1.54) is 0 Å². The average Bonchev–Trinajstić information content (AvgIpc) is 3.01. The third-order valence-corrected chi connectivity index (χ3v) is 4.83. The maximum absolute atomic E-state index is 11.8. The molecule has 0 radical (unpaired) electrons. The highest BCUT2D eigenvalue weighted by molar-refractivity contribution is 5.80. The van der Waals surface area contributed by atoms with E-state index in [-0.39, 0.29) is 6.04 Å². The summed E-state index contributed by atoms with van der Waals surface area (Å²) in [7, 11) is 0. The van der Waals surface area contributed by atoms with E-state index in [0.717, 1.165) is 30.3 Å². The van der Waals surface area contributed by atoms with Gasteiger partial charge >= 0.3 is 5.97 Å². The summed E-state index contributed by atoms with van der Waals surface area (Å²) < 4.78 is 2.15. The number of para-hydroxylation sites is 2. The molecule has 1 aromatic carbocycles. The second-order valence-corrected chi connectivity index (χ2v) is 6.34. The fraction of sp³-hybridized carbons (Fsp3) is 0.500. The molecule has 0 bridgehead atoms. The van der Waals surface area contributed by atoms with E-state index in [1.807, 2.05) is 24.5 Å². The number of nitrogens with zero attached hydrogens (tertiary/aromatic N) is 2. The molecule has 2 saturated carbocycles. The van der Waals surface area contributed by atoms with Gasteiger partial charge in [-0.05, 0) is 44.2 Å². The van der Waals surface area contributed by atoms with Gasteiger partial charge in [0.2, 0.25) is 0 Å². The zero-order valence-electron chi connectivity index (χ0n) is 11.8. The molecule has 0 aliphatic heterocycles. The molecule has 2 aliphatic rings. The van der Waals surface area contributed by atoms with Gasteiger partial charge in [0.05, 0.1) is 17.4 Å². The maximum atomic E-state index is 11.8. The predicted molar refractivity (Wildman–Crippen MR) is 79.1 cm³/mol. The van der Waals surface area contributed by atoms with Gasteiger partial charge in [-0.15, -0.1) is 0 Å². The number of carboxylic acids is 1. The number of aromatic nitrogens is 2. The van der Waals surface area contributed by atoms with Crippen molar-refractivity contribution in [3.63, 3.8) is 0 Å². The number of carbonyl (C=O) groups is 1. The second kappa shape index (κ2) is 4.56. The van der Waals surface area contributed by atoms with E-state index in [4.69, 9.17) is 0 Å². The Balaban J connectivity index is 1.64. The van der Waals surface area contributed by atoms with Crippen molar-refractivity contribution in [2.24, 2.45) is 0 Å². The molecule has 0 amide bonds. The van der Waals surface area contributed by atoms with Gasteiger partial charge in [0.15, 0.2) is 0 Å². The Morgan fingerprint density at radius 2 is 2.14 bits per heavy atom. The normalized spacial score (nSPS) is 29.0. The van der Waals surface area contributed by atoms with Crippen molar-refractivity contribution in [3.8, 4) is 0 Å². The van der Waals surface area contributed by atoms with Crippen LogP contribution in [0.25, 0.3) is 11.0 Å². The molecule has 2 aromatic rings. The number of rotatable bonds is 4. The molecular weight excluding hydrogens is 266 g/mol.